The van der Waals surface area contributed by atoms with Crippen LogP contribution in [0.3, 0.4) is 0 Å². The Morgan fingerprint density at radius 3 is 3.16 bits per heavy atom. The second-order valence-electron chi connectivity index (χ2n) is 4.74. The number of nitriles is 1. The van der Waals surface area contributed by atoms with Crippen molar-refractivity contribution in [2.24, 2.45) is 0 Å². The quantitative estimate of drug-likeness (QED) is 0.826. The molecule has 0 saturated heterocycles. The predicted octanol–water partition coefficient (Wildman–Crippen LogP) is 2.72. The average Bonchev–Trinajstić information content (AvgIpc) is 2.87. The fourth-order valence-electron chi connectivity index (χ4n) is 2.36. The third-order valence-corrected chi connectivity index (χ3v) is 3.26. The Labute approximate surface area is 111 Å². The van der Waals surface area contributed by atoms with Crippen LogP contribution in [0.5, 0.6) is 5.75 Å². The highest BCUT2D eigenvalue weighted by Crippen LogP contribution is 2.31. The van der Waals surface area contributed by atoms with Gasteiger partial charge in [-0.1, -0.05) is 6.07 Å². The minimum Gasteiger partial charge on any atom is -0.484 e. The first kappa shape index (κ1) is 11.8. The molecule has 3 rings (SSSR count). The van der Waals surface area contributed by atoms with E-state index in [0.29, 0.717) is 11.3 Å². The Morgan fingerprint density at radius 2 is 2.32 bits per heavy atom. The van der Waals surface area contributed by atoms with Crippen LogP contribution in [-0.2, 0) is 6.54 Å². The van der Waals surface area contributed by atoms with Crippen molar-refractivity contribution in [1.82, 2.24) is 4.90 Å². The van der Waals surface area contributed by atoms with Crippen molar-refractivity contribution in [3.8, 4) is 11.8 Å². The van der Waals surface area contributed by atoms with Crippen LogP contribution >= 0.6 is 0 Å². The summed E-state index contributed by atoms with van der Waals surface area (Å²) in [7, 11) is 2.04. The summed E-state index contributed by atoms with van der Waals surface area (Å²) in [6, 6.07) is 11.3. The van der Waals surface area contributed by atoms with Crippen molar-refractivity contribution >= 4 is 0 Å². The monoisotopic (exact) mass is 254 g/mol. The molecule has 0 aliphatic carbocycles. The van der Waals surface area contributed by atoms with Crippen molar-refractivity contribution in [2.45, 2.75) is 12.6 Å². The Morgan fingerprint density at radius 1 is 1.42 bits per heavy atom. The zero-order valence-electron chi connectivity index (χ0n) is 10.7. The van der Waals surface area contributed by atoms with Gasteiger partial charge in [0.2, 0.25) is 0 Å². The highest BCUT2D eigenvalue weighted by molar-refractivity contribution is 5.37. The molecule has 4 nitrogen and oxygen atoms in total. The number of benzene rings is 1. The van der Waals surface area contributed by atoms with E-state index in [4.69, 9.17) is 14.4 Å². The van der Waals surface area contributed by atoms with E-state index in [1.165, 1.54) is 0 Å². The van der Waals surface area contributed by atoms with E-state index in [-0.39, 0.29) is 6.10 Å². The van der Waals surface area contributed by atoms with Crippen molar-refractivity contribution in [3.05, 3.63) is 53.5 Å². The van der Waals surface area contributed by atoms with Gasteiger partial charge in [-0.05, 0) is 31.3 Å². The molecular formula is C15H14N2O2. The number of furan rings is 1. The lowest BCUT2D eigenvalue weighted by atomic mass is 10.1. The van der Waals surface area contributed by atoms with Crippen LogP contribution in [0, 0.1) is 11.3 Å². The molecule has 2 heterocycles. The maximum Gasteiger partial charge on any atom is 0.140 e. The van der Waals surface area contributed by atoms with E-state index >= 15 is 0 Å². The van der Waals surface area contributed by atoms with Crippen LogP contribution in [0.2, 0.25) is 0 Å². The summed E-state index contributed by atoms with van der Waals surface area (Å²) in [5.74, 6) is 1.67. The highest BCUT2D eigenvalue weighted by atomic mass is 16.5. The third-order valence-electron chi connectivity index (χ3n) is 3.26. The van der Waals surface area contributed by atoms with Gasteiger partial charge < -0.3 is 9.15 Å². The molecule has 1 atom stereocenters. The number of likely N-dealkylation sites (N-methyl/N-ethyl adjacent to an activating group) is 1. The molecule has 19 heavy (non-hydrogen) atoms. The first-order valence-electron chi connectivity index (χ1n) is 6.18. The topological polar surface area (TPSA) is 49.4 Å². The summed E-state index contributed by atoms with van der Waals surface area (Å²) in [5.41, 5.74) is 1.70. The normalized spacial score (nSPS) is 18.6. The minimum absolute atomic E-state index is 0.0542. The van der Waals surface area contributed by atoms with Crippen molar-refractivity contribution in [3.63, 3.8) is 0 Å². The summed E-state index contributed by atoms with van der Waals surface area (Å²) in [6.45, 7) is 1.61. The van der Waals surface area contributed by atoms with E-state index in [2.05, 4.69) is 11.0 Å². The van der Waals surface area contributed by atoms with E-state index < -0.39 is 0 Å². The lowest BCUT2D eigenvalue weighted by Gasteiger charge is -2.29. The molecule has 1 unspecified atom stereocenters. The van der Waals surface area contributed by atoms with Crippen LogP contribution < -0.4 is 4.74 Å². The van der Waals surface area contributed by atoms with Crippen LogP contribution in [-0.4, -0.2) is 18.5 Å². The fourth-order valence-corrected chi connectivity index (χ4v) is 2.36. The summed E-state index contributed by atoms with van der Waals surface area (Å²) >= 11 is 0. The van der Waals surface area contributed by atoms with Crippen molar-refractivity contribution in [2.75, 3.05) is 13.6 Å². The molecule has 1 aromatic heterocycles. The zero-order valence-corrected chi connectivity index (χ0v) is 10.7. The maximum atomic E-state index is 8.91. The Bertz CT molecular complexity index is 627. The van der Waals surface area contributed by atoms with Gasteiger partial charge in [-0.15, -0.1) is 0 Å². The van der Waals surface area contributed by atoms with Gasteiger partial charge >= 0.3 is 0 Å². The molecule has 0 N–H and O–H groups in total. The third kappa shape index (κ3) is 2.33. The predicted molar refractivity (Wildman–Crippen MR) is 69.6 cm³/mol. The molecule has 0 radical (unpaired) electrons. The van der Waals surface area contributed by atoms with Gasteiger partial charge in [-0.2, -0.15) is 5.26 Å². The van der Waals surface area contributed by atoms with Crippen LogP contribution in [0.4, 0.5) is 0 Å². The number of rotatable bonds is 2. The lowest BCUT2D eigenvalue weighted by Crippen LogP contribution is -2.32. The average molecular weight is 254 g/mol. The number of hydrogen-bond donors (Lipinski definition) is 0. The summed E-state index contributed by atoms with van der Waals surface area (Å²) in [5, 5.41) is 8.91. The van der Waals surface area contributed by atoms with E-state index in [0.717, 1.165) is 24.4 Å². The molecule has 0 amide bonds. The van der Waals surface area contributed by atoms with Gasteiger partial charge in [0.15, 0.2) is 0 Å². The van der Waals surface area contributed by atoms with Crippen LogP contribution in [0.1, 0.15) is 23.0 Å². The van der Waals surface area contributed by atoms with Crippen molar-refractivity contribution < 1.29 is 9.15 Å². The number of hydrogen-bond acceptors (Lipinski definition) is 4. The molecule has 0 fully saturated rings. The fraction of sp³-hybridized carbons (Fsp3) is 0.267. The SMILES string of the molecule is CN1Cc2occc2C(Oc2cccc(C#N)c2)C1. The molecule has 1 aromatic carbocycles. The second kappa shape index (κ2) is 4.79. The summed E-state index contributed by atoms with van der Waals surface area (Å²) in [6.07, 6.45) is 1.65. The molecule has 0 saturated carbocycles. The van der Waals surface area contributed by atoms with Gasteiger partial charge in [-0.3, -0.25) is 4.90 Å². The van der Waals surface area contributed by atoms with E-state index in [9.17, 15) is 0 Å². The largest absolute Gasteiger partial charge is 0.484 e. The lowest BCUT2D eigenvalue weighted by molar-refractivity contribution is 0.120. The molecule has 1 aliphatic heterocycles. The number of nitrogens with zero attached hydrogens (tertiary/aromatic N) is 2. The van der Waals surface area contributed by atoms with Gasteiger partial charge in [0.1, 0.15) is 17.6 Å². The molecule has 0 bridgehead atoms. The summed E-state index contributed by atoms with van der Waals surface area (Å²) < 4.78 is 11.5. The summed E-state index contributed by atoms with van der Waals surface area (Å²) in [4.78, 5) is 2.16. The number of ether oxygens (including phenoxy) is 1. The maximum absolute atomic E-state index is 8.91. The van der Waals surface area contributed by atoms with Gasteiger partial charge in [0.25, 0.3) is 0 Å². The van der Waals surface area contributed by atoms with Crippen molar-refractivity contribution in [1.29, 1.82) is 5.26 Å². The zero-order chi connectivity index (χ0) is 13.2. The van der Waals surface area contributed by atoms with E-state index in [1.54, 1.807) is 18.4 Å². The second-order valence-corrected chi connectivity index (χ2v) is 4.74. The number of fused-ring (bicyclic) bond motifs is 1. The van der Waals surface area contributed by atoms with Gasteiger partial charge in [0, 0.05) is 12.1 Å². The molecule has 4 heteroatoms. The van der Waals surface area contributed by atoms with E-state index in [1.807, 2.05) is 25.2 Å². The van der Waals surface area contributed by atoms with Crippen LogP contribution in [0.25, 0.3) is 0 Å². The molecule has 1 aliphatic rings. The van der Waals surface area contributed by atoms with Gasteiger partial charge in [0.05, 0.1) is 24.4 Å². The molecule has 2 aromatic rings. The highest BCUT2D eigenvalue weighted by Gasteiger charge is 2.27. The first-order valence-corrected chi connectivity index (χ1v) is 6.18. The van der Waals surface area contributed by atoms with Gasteiger partial charge in [-0.25, -0.2) is 0 Å². The molecular weight excluding hydrogens is 240 g/mol. The Kier molecular flexibility index (Phi) is 2.98. The Hall–Kier alpha value is -2.25. The van der Waals surface area contributed by atoms with Crippen LogP contribution in [0.15, 0.2) is 41.0 Å². The molecule has 96 valence electrons. The standard InChI is InChI=1S/C15H14N2O2/c1-17-9-14-13(5-6-18-14)15(10-17)19-12-4-2-3-11(7-12)8-16/h2-7,15H,9-10H2,1H3. The molecule has 0 spiro atoms. The minimum atomic E-state index is -0.0542. The Balaban J connectivity index is 1.86. The first-order chi connectivity index (χ1) is 9.26. The smallest absolute Gasteiger partial charge is 0.140 e.